The summed E-state index contributed by atoms with van der Waals surface area (Å²) in [7, 11) is 1.56. The van der Waals surface area contributed by atoms with Crippen LogP contribution in [0.2, 0.25) is 0 Å². The van der Waals surface area contributed by atoms with Crippen LogP contribution in [0.5, 0.6) is 17.2 Å². The maximum absolute atomic E-state index is 13.5. The average Bonchev–Trinajstić information content (AvgIpc) is 3.23. The molecule has 2 fully saturated rings. The van der Waals surface area contributed by atoms with E-state index in [1.54, 1.807) is 42.3 Å². The third kappa shape index (κ3) is 7.02. The van der Waals surface area contributed by atoms with Crippen molar-refractivity contribution in [3.05, 3.63) is 58.7 Å². The van der Waals surface area contributed by atoms with E-state index < -0.39 is 17.7 Å². The zero-order valence-electron chi connectivity index (χ0n) is 24.6. The first-order valence-electron chi connectivity index (χ1n) is 14.5. The number of aliphatic hydroxyl groups excluding tert-OH is 1. The molecule has 41 heavy (non-hydrogen) atoms. The van der Waals surface area contributed by atoms with Gasteiger partial charge in [0.2, 0.25) is 0 Å². The summed E-state index contributed by atoms with van der Waals surface area (Å²) in [6.45, 7) is 11.2. The highest BCUT2D eigenvalue weighted by molar-refractivity contribution is 6.46. The number of carbonyl (C=O) groups excluding carboxylic acids is 2. The molecule has 1 amide bonds. The summed E-state index contributed by atoms with van der Waals surface area (Å²) in [5.41, 5.74) is 2.00. The molecule has 9 nitrogen and oxygen atoms in total. The first kappa shape index (κ1) is 30.4. The first-order chi connectivity index (χ1) is 19.9. The maximum atomic E-state index is 13.5. The number of carbonyl (C=O) groups is 2. The molecule has 0 radical (unpaired) electrons. The van der Waals surface area contributed by atoms with E-state index in [4.69, 9.17) is 18.9 Å². The third-order valence-electron chi connectivity index (χ3n) is 7.52. The molecule has 0 bridgehead atoms. The van der Waals surface area contributed by atoms with Gasteiger partial charge in [0.05, 0.1) is 45.2 Å². The van der Waals surface area contributed by atoms with Gasteiger partial charge in [0, 0.05) is 31.7 Å². The summed E-state index contributed by atoms with van der Waals surface area (Å²) in [5.74, 6) is 0.270. The predicted molar refractivity (Wildman–Crippen MR) is 157 cm³/mol. The van der Waals surface area contributed by atoms with Gasteiger partial charge in [0.1, 0.15) is 11.5 Å². The van der Waals surface area contributed by atoms with Crippen LogP contribution >= 0.6 is 0 Å². The third-order valence-corrected chi connectivity index (χ3v) is 7.52. The standard InChI is InChI=1S/C32H42N2O7/c1-5-7-17-41-26-12-9-23(21-27(26)38-4)29-28(30(35)24-10-11-25(40-6-2)22(3)20-24)31(36)32(37)34(29)14-8-13-33-15-18-39-19-16-33/h9-12,20-21,29,35H,5-8,13-19H2,1-4H3. The van der Waals surface area contributed by atoms with Crippen LogP contribution in [0.4, 0.5) is 0 Å². The van der Waals surface area contributed by atoms with Gasteiger partial charge in [-0.3, -0.25) is 14.5 Å². The van der Waals surface area contributed by atoms with Crippen molar-refractivity contribution < 1.29 is 33.6 Å². The number of benzene rings is 2. The van der Waals surface area contributed by atoms with Gasteiger partial charge >= 0.3 is 0 Å². The van der Waals surface area contributed by atoms with Gasteiger partial charge in [-0.05, 0) is 68.1 Å². The van der Waals surface area contributed by atoms with Gasteiger partial charge < -0.3 is 29.0 Å². The van der Waals surface area contributed by atoms with Gasteiger partial charge in [-0.25, -0.2) is 0 Å². The minimum Gasteiger partial charge on any atom is -0.507 e. The molecule has 1 unspecified atom stereocenters. The Morgan fingerprint density at radius 3 is 2.41 bits per heavy atom. The molecule has 2 saturated heterocycles. The van der Waals surface area contributed by atoms with E-state index in [0.29, 0.717) is 67.8 Å². The van der Waals surface area contributed by atoms with E-state index in [2.05, 4.69) is 11.8 Å². The van der Waals surface area contributed by atoms with Crippen LogP contribution in [0.15, 0.2) is 42.0 Å². The first-order valence-corrected chi connectivity index (χ1v) is 14.5. The molecule has 222 valence electrons. The number of amides is 1. The number of likely N-dealkylation sites (tertiary alicyclic amines) is 1. The Morgan fingerprint density at radius 2 is 1.73 bits per heavy atom. The second-order valence-corrected chi connectivity index (χ2v) is 10.3. The number of nitrogens with zero attached hydrogens (tertiary/aromatic N) is 2. The molecule has 9 heteroatoms. The molecule has 2 aromatic rings. The van der Waals surface area contributed by atoms with Crippen LogP contribution in [-0.4, -0.2) is 86.3 Å². The molecule has 0 aromatic heterocycles. The van der Waals surface area contributed by atoms with Gasteiger partial charge in [-0.2, -0.15) is 0 Å². The summed E-state index contributed by atoms with van der Waals surface area (Å²) in [6, 6.07) is 9.92. The lowest BCUT2D eigenvalue weighted by molar-refractivity contribution is -0.140. The largest absolute Gasteiger partial charge is 0.507 e. The monoisotopic (exact) mass is 566 g/mol. The van der Waals surface area contributed by atoms with Crippen LogP contribution in [0.1, 0.15) is 55.8 Å². The lowest BCUT2D eigenvalue weighted by Gasteiger charge is -2.29. The van der Waals surface area contributed by atoms with E-state index in [0.717, 1.165) is 38.0 Å². The van der Waals surface area contributed by atoms with Gasteiger partial charge in [-0.1, -0.05) is 19.4 Å². The van der Waals surface area contributed by atoms with Crippen LogP contribution in [0.3, 0.4) is 0 Å². The second kappa shape index (κ2) is 14.4. The molecule has 2 heterocycles. The SMILES string of the molecule is CCCCOc1ccc(C2C(=C(O)c3ccc(OCC)c(C)c3)C(=O)C(=O)N2CCCN2CCOCC2)cc1OC. The van der Waals surface area contributed by atoms with Crippen LogP contribution in [0.25, 0.3) is 5.76 Å². The highest BCUT2D eigenvalue weighted by atomic mass is 16.5. The normalized spacial score (nSPS) is 19.0. The predicted octanol–water partition coefficient (Wildman–Crippen LogP) is 4.73. The molecule has 0 aliphatic carbocycles. The highest BCUT2D eigenvalue weighted by Gasteiger charge is 2.46. The summed E-state index contributed by atoms with van der Waals surface area (Å²) in [6.07, 6.45) is 2.60. The Labute approximate surface area is 242 Å². The van der Waals surface area contributed by atoms with Crippen molar-refractivity contribution in [3.63, 3.8) is 0 Å². The summed E-state index contributed by atoms with van der Waals surface area (Å²) >= 11 is 0. The quantitative estimate of drug-likeness (QED) is 0.161. The molecule has 0 spiro atoms. The number of unbranched alkanes of at least 4 members (excludes halogenated alkanes) is 1. The molecule has 1 N–H and O–H groups in total. The van der Waals surface area contributed by atoms with Crippen LogP contribution in [-0.2, 0) is 14.3 Å². The number of rotatable bonds is 13. The van der Waals surface area contributed by atoms with E-state index in [1.807, 2.05) is 19.9 Å². The highest BCUT2D eigenvalue weighted by Crippen LogP contribution is 2.42. The van der Waals surface area contributed by atoms with Gasteiger partial charge in [0.15, 0.2) is 11.5 Å². The minimum atomic E-state index is -0.773. The zero-order chi connectivity index (χ0) is 29.4. The Bertz CT molecular complexity index is 1250. The van der Waals surface area contributed by atoms with Crippen molar-refractivity contribution in [3.8, 4) is 17.2 Å². The number of ketones is 1. The maximum Gasteiger partial charge on any atom is 0.295 e. The number of morpholine rings is 1. The number of Topliss-reactive ketones (excluding diaryl/α,β-unsaturated/α-hetero) is 1. The van der Waals surface area contributed by atoms with E-state index in [1.165, 1.54) is 0 Å². The number of hydrogen-bond acceptors (Lipinski definition) is 8. The minimum absolute atomic E-state index is 0.0617. The van der Waals surface area contributed by atoms with Crippen LogP contribution in [0, 0.1) is 6.92 Å². The van der Waals surface area contributed by atoms with E-state index >= 15 is 0 Å². The van der Waals surface area contributed by atoms with E-state index in [9.17, 15) is 14.7 Å². The fourth-order valence-corrected chi connectivity index (χ4v) is 5.32. The summed E-state index contributed by atoms with van der Waals surface area (Å²) in [5, 5.41) is 11.5. The average molecular weight is 567 g/mol. The Hall–Kier alpha value is -3.56. The van der Waals surface area contributed by atoms with Crippen molar-refractivity contribution in [1.82, 2.24) is 9.80 Å². The van der Waals surface area contributed by atoms with Crippen molar-refractivity contribution >= 4 is 17.4 Å². The van der Waals surface area contributed by atoms with Crippen molar-refractivity contribution in [2.24, 2.45) is 0 Å². The molecular formula is C32H42N2O7. The summed E-state index contributed by atoms with van der Waals surface area (Å²) in [4.78, 5) is 30.8. The van der Waals surface area contributed by atoms with Crippen molar-refractivity contribution in [1.29, 1.82) is 0 Å². The van der Waals surface area contributed by atoms with E-state index in [-0.39, 0.29) is 11.3 Å². The number of aliphatic hydroxyl groups is 1. The van der Waals surface area contributed by atoms with Crippen molar-refractivity contribution in [2.75, 3.05) is 59.7 Å². The van der Waals surface area contributed by atoms with Crippen LogP contribution < -0.4 is 14.2 Å². The number of aryl methyl sites for hydroxylation is 1. The Morgan fingerprint density at radius 1 is 0.976 bits per heavy atom. The fourth-order valence-electron chi connectivity index (χ4n) is 5.32. The molecule has 0 saturated carbocycles. The molecule has 1 atom stereocenters. The number of ether oxygens (including phenoxy) is 4. The smallest absolute Gasteiger partial charge is 0.295 e. The lowest BCUT2D eigenvalue weighted by atomic mass is 9.94. The molecule has 2 aliphatic rings. The summed E-state index contributed by atoms with van der Waals surface area (Å²) < 4.78 is 22.6. The zero-order valence-corrected chi connectivity index (χ0v) is 24.6. The van der Waals surface area contributed by atoms with Gasteiger partial charge in [-0.15, -0.1) is 0 Å². The second-order valence-electron chi connectivity index (χ2n) is 10.3. The molecule has 2 aliphatic heterocycles. The Kier molecular flexibility index (Phi) is 10.7. The van der Waals surface area contributed by atoms with Crippen molar-refractivity contribution in [2.45, 2.75) is 46.1 Å². The van der Waals surface area contributed by atoms with Gasteiger partial charge in [0.25, 0.3) is 11.7 Å². The number of methoxy groups -OCH3 is 1. The molecular weight excluding hydrogens is 524 g/mol. The topological polar surface area (TPSA) is 97.8 Å². The molecule has 2 aromatic carbocycles. The lowest BCUT2D eigenvalue weighted by Crippen LogP contribution is -2.39. The number of hydrogen-bond donors (Lipinski definition) is 1. The fraction of sp³-hybridized carbons (Fsp3) is 0.500. The Balaban J connectivity index is 1.71. The molecule has 4 rings (SSSR count).